The standard InChI is InChI=1S/C11H21NO/c1-3-10-8-11(9-13-10)4-6-12(2)7-5-11/h10H,3-9H2,1-2H3. The first kappa shape index (κ1) is 9.47. The van der Waals surface area contributed by atoms with Crippen LogP contribution in [-0.2, 0) is 4.74 Å². The second-order valence-corrected chi connectivity index (χ2v) is 4.85. The molecule has 0 aromatic carbocycles. The quantitative estimate of drug-likeness (QED) is 0.615. The molecule has 0 saturated carbocycles. The topological polar surface area (TPSA) is 12.5 Å². The van der Waals surface area contributed by atoms with E-state index in [1.165, 1.54) is 38.8 Å². The summed E-state index contributed by atoms with van der Waals surface area (Å²) in [4.78, 5) is 2.44. The fourth-order valence-corrected chi connectivity index (χ4v) is 2.60. The summed E-state index contributed by atoms with van der Waals surface area (Å²) in [6.07, 6.45) is 5.76. The van der Waals surface area contributed by atoms with Gasteiger partial charge in [0.2, 0.25) is 0 Å². The summed E-state index contributed by atoms with van der Waals surface area (Å²) in [5, 5.41) is 0. The SMILES string of the molecule is CCC1CC2(CCN(C)CC2)CO1. The van der Waals surface area contributed by atoms with E-state index in [1.807, 2.05) is 0 Å². The van der Waals surface area contributed by atoms with Crippen LogP contribution in [0, 0.1) is 5.41 Å². The fourth-order valence-electron chi connectivity index (χ4n) is 2.60. The molecule has 1 atom stereocenters. The van der Waals surface area contributed by atoms with Gasteiger partial charge in [-0.25, -0.2) is 0 Å². The van der Waals surface area contributed by atoms with Crippen molar-refractivity contribution in [1.82, 2.24) is 4.90 Å². The first-order valence-electron chi connectivity index (χ1n) is 5.54. The third-order valence-corrected chi connectivity index (χ3v) is 3.79. The number of piperidine rings is 1. The van der Waals surface area contributed by atoms with Crippen molar-refractivity contribution in [3.8, 4) is 0 Å². The highest BCUT2D eigenvalue weighted by atomic mass is 16.5. The average molecular weight is 183 g/mol. The van der Waals surface area contributed by atoms with E-state index in [4.69, 9.17) is 4.74 Å². The van der Waals surface area contributed by atoms with Crippen LogP contribution in [-0.4, -0.2) is 37.7 Å². The summed E-state index contributed by atoms with van der Waals surface area (Å²) < 4.78 is 5.81. The normalized spacial score (nSPS) is 34.2. The van der Waals surface area contributed by atoms with E-state index >= 15 is 0 Å². The minimum atomic E-state index is 0.559. The van der Waals surface area contributed by atoms with Crippen molar-refractivity contribution in [1.29, 1.82) is 0 Å². The summed E-state index contributed by atoms with van der Waals surface area (Å²) in [5.41, 5.74) is 0.563. The van der Waals surface area contributed by atoms with Crippen LogP contribution in [0.5, 0.6) is 0 Å². The second kappa shape index (κ2) is 3.58. The Labute approximate surface area is 81.3 Å². The Morgan fingerprint density at radius 1 is 1.38 bits per heavy atom. The van der Waals surface area contributed by atoms with Gasteiger partial charge in [-0.3, -0.25) is 0 Å². The van der Waals surface area contributed by atoms with Gasteiger partial charge in [-0.05, 0) is 51.2 Å². The fraction of sp³-hybridized carbons (Fsp3) is 1.00. The Bertz CT molecular complexity index is 173. The molecule has 2 rings (SSSR count). The molecule has 1 spiro atoms. The van der Waals surface area contributed by atoms with Gasteiger partial charge in [-0.1, -0.05) is 6.92 Å². The van der Waals surface area contributed by atoms with Crippen LogP contribution in [0.1, 0.15) is 32.6 Å². The molecule has 0 aliphatic carbocycles. The largest absolute Gasteiger partial charge is 0.378 e. The lowest BCUT2D eigenvalue weighted by molar-refractivity contribution is 0.0702. The van der Waals surface area contributed by atoms with Crippen molar-refractivity contribution < 1.29 is 4.74 Å². The zero-order chi connectivity index (χ0) is 9.31. The molecule has 76 valence electrons. The molecule has 13 heavy (non-hydrogen) atoms. The number of hydrogen-bond donors (Lipinski definition) is 0. The Morgan fingerprint density at radius 3 is 2.62 bits per heavy atom. The Hall–Kier alpha value is -0.0800. The molecule has 0 N–H and O–H groups in total. The predicted octanol–water partition coefficient (Wildman–Crippen LogP) is 1.90. The van der Waals surface area contributed by atoms with Crippen molar-refractivity contribution in [2.45, 2.75) is 38.7 Å². The molecule has 2 fully saturated rings. The number of rotatable bonds is 1. The average Bonchev–Trinajstić information content (AvgIpc) is 2.55. The van der Waals surface area contributed by atoms with Crippen LogP contribution in [0.15, 0.2) is 0 Å². The lowest BCUT2D eigenvalue weighted by atomic mass is 9.76. The van der Waals surface area contributed by atoms with Crippen LogP contribution >= 0.6 is 0 Å². The Balaban J connectivity index is 1.92. The number of likely N-dealkylation sites (tertiary alicyclic amines) is 1. The number of ether oxygens (including phenoxy) is 1. The predicted molar refractivity (Wildman–Crippen MR) is 53.8 cm³/mol. The van der Waals surface area contributed by atoms with Crippen molar-refractivity contribution in [3.63, 3.8) is 0 Å². The van der Waals surface area contributed by atoms with Gasteiger partial charge in [0.05, 0.1) is 12.7 Å². The van der Waals surface area contributed by atoms with Crippen molar-refractivity contribution in [2.24, 2.45) is 5.41 Å². The summed E-state index contributed by atoms with van der Waals surface area (Å²) in [7, 11) is 2.22. The molecule has 2 nitrogen and oxygen atoms in total. The van der Waals surface area contributed by atoms with E-state index in [0.29, 0.717) is 11.5 Å². The molecule has 0 bridgehead atoms. The molecule has 0 aromatic rings. The molecule has 2 saturated heterocycles. The maximum Gasteiger partial charge on any atom is 0.0579 e. The van der Waals surface area contributed by atoms with Crippen LogP contribution < -0.4 is 0 Å². The molecule has 2 heteroatoms. The molecule has 2 aliphatic rings. The van der Waals surface area contributed by atoms with Gasteiger partial charge in [0.15, 0.2) is 0 Å². The van der Waals surface area contributed by atoms with E-state index in [0.717, 1.165) is 6.61 Å². The summed E-state index contributed by atoms with van der Waals surface area (Å²) in [6.45, 7) is 5.79. The van der Waals surface area contributed by atoms with Crippen molar-refractivity contribution >= 4 is 0 Å². The summed E-state index contributed by atoms with van der Waals surface area (Å²) in [6, 6.07) is 0. The van der Waals surface area contributed by atoms with Crippen molar-refractivity contribution in [3.05, 3.63) is 0 Å². The molecule has 0 aromatic heterocycles. The molecule has 1 unspecified atom stereocenters. The van der Waals surface area contributed by atoms with Gasteiger partial charge in [0.1, 0.15) is 0 Å². The number of nitrogens with zero attached hydrogens (tertiary/aromatic N) is 1. The van der Waals surface area contributed by atoms with E-state index in [1.54, 1.807) is 0 Å². The van der Waals surface area contributed by atoms with Crippen LogP contribution in [0.25, 0.3) is 0 Å². The van der Waals surface area contributed by atoms with Gasteiger partial charge in [0, 0.05) is 0 Å². The van der Waals surface area contributed by atoms with Crippen LogP contribution in [0.3, 0.4) is 0 Å². The van der Waals surface area contributed by atoms with Crippen LogP contribution in [0.4, 0.5) is 0 Å². The highest BCUT2D eigenvalue weighted by molar-refractivity contribution is 4.91. The first-order chi connectivity index (χ1) is 6.24. The smallest absolute Gasteiger partial charge is 0.0579 e. The zero-order valence-electron chi connectivity index (χ0n) is 8.88. The molecule has 2 heterocycles. The molecule has 0 amide bonds. The van der Waals surface area contributed by atoms with Gasteiger partial charge in [0.25, 0.3) is 0 Å². The molecular weight excluding hydrogens is 162 g/mol. The molecule has 0 radical (unpaired) electrons. The monoisotopic (exact) mass is 183 g/mol. The second-order valence-electron chi connectivity index (χ2n) is 4.85. The minimum absolute atomic E-state index is 0.559. The zero-order valence-corrected chi connectivity index (χ0v) is 8.88. The van der Waals surface area contributed by atoms with Gasteiger partial charge in [-0.2, -0.15) is 0 Å². The first-order valence-corrected chi connectivity index (χ1v) is 5.54. The van der Waals surface area contributed by atoms with Gasteiger partial charge < -0.3 is 9.64 Å². The highest BCUT2D eigenvalue weighted by Crippen LogP contribution is 2.42. The minimum Gasteiger partial charge on any atom is -0.378 e. The Morgan fingerprint density at radius 2 is 2.08 bits per heavy atom. The van der Waals surface area contributed by atoms with E-state index in [2.05, 4.69) is 18.9 Å². The van der Waals surface area contributed by atoms with Gasteiger partial charge in [-0.15, -0.1) is 0 Å². The van der Waals surface area contributed by atoms with E-state index < -0.39 is 0 Å². The number of hydrogen-bond acceptors (Lipinski definition) is 2. The summed E-state index contributed by atoms with van der Waals surface area (Å²) in [5.74, 6) is 0. The molecular formula is C11H21NO. The molecule has 2 aliphatic heterocycles. The third-order valence-electron chi connectivity index (χ3n) is 3.79. The van der Waals surface area contributed by atoms with E-state index in [9.17, 15) is 0 Å². The third kappa shape index (κ3) is 1.89. The van der Waals surface area contributed by atoms with Gasteiger partial charge >= 0.3 is 0 Å². The summed E-state index contributed by atoms with van der Waals surface area (Å²) >= 11 is 0. The highest BCUT2D eigenvalue weighted by Gasteiger charge is 2.40. The lowest BCUT2D eigenvalue weighted by Crippen LogP contribution is -2.38. The van der Waals surface area contributed by atoms with Crippen LogP contribution in [0.2, 0.25) is 0 Å². The van der Waals surface area contributed by atoms with Crippen molar-refractivity contribution in [2.75, 3.05) is 26.7 Å². The lowest BCUT2D eigenvalue weighted by Gasteiger charge is -2.36. The maximum absolute atomic E-state index is 5.81. The Kier molecular flexibility index (Phi) is 2.61. The maximum atomic E-state index is 5.81. The van der Waals surface area contributed by atoms with E-state index in [-0.39, 0.29) is 0 Å².